The lowest BCUT2D eigenvalue weighted by molar-refractivity contribution is -0.116. The highest BCUT2D eigenvalue weighted by Crippen LogP contribution is 2.27. The zero-order chi connectivity index (χ0) is 14.6. The summed E-state index contributed by atoms with van der Waals surface area (Å²) >= 11 is 0. The average molecular weight is 306 g/mol. The number of rotatable bonds is 5. The molecule has 7 heteroatoms. The SMILES string of the molecule is CS(=O)(=O)N1CCCC(COC2(CN)CCOCC2)C1. The molecule has 0 spiro atoms. The van der Waals surface area contributed by atoms with Crippen LogP contribution in [-0.4, -0.2) is 64.0 Å². The van der Waals surface area contributed by atoms with Gasteiger partial charge in [-0.1, -0.05) is 0 Å². The van der Waals surface area contributed by atoms with Gasteiger partial charge in [-0.3, -0.25) is 0 Å². The van der Waals surface area contributed by atoms with Gasteiger partial charge in [-0.2, -0.15) is 0 Å². The van der Waals surface area contributed by atoms with E-state index < -0.39 is 10.0 Å². The van der Waals surface area contributed by atoms with E-state index in [0.29, 0.717) is 39.5 Å². The smallest absolute Gasteiger partial charge is 0.211 e. The number of hydrogen-bond donors (Lipinski definition) is 1. The van der Waals surface area contributed by atoms with Crippen LogP contribution in [0.5, 0.6) is 0 Å². The van der Waals surface area contributed by atoms with Crippen molar-refractivity contribution in [1.29, 1.82) is 0 Å². The van der Waals surface area contributed by atoms with Gasteiger partial charge < -0.3 is 15.2 Å². The molecule has 0 radical (unpaired) electrons. The maximum Gasteiger partial charge on any atom is 0.211 e. The Balaban J connectivity index is 1.86. The first kappa shape index (κ1) is 16.2. The van der Waals surface area contributed by atoms with Crippen LogP contribution in [0.4, 0.5) is 0 Å². The number of sulfonamides is 1. The molecule has 2 rings (SSSR count). The molecule has 0 aromatic rings. The summed E-state index contributed by atoms with van der Waals surface area (Å²) in [4.78, 5) is 0. The summed E-state index contributed by atoms with van der Waals surface area (Å²) in [6.45, 7) is 3.66. The van der Waals surface area contributed by atoms with Crippen molar-refractivity contribution in [2.45, 2.75) is 31.3 Å². The summed E-state index contributed by atoms with van der Waals surface area (Å²) < 4.78 is 36.2. The third-order valence-corrected chi connectivity index (χ3v) is 5.62. The van der Waals surface area contributed by atoms with Gasteiger partial charge in [0.15, 0.2) is 0 Å². The highest BCUT2D eigenvalue weighted by Gasteiger charge is 2.34. The first-order valence-corrected chi connectivity index (χ1v) is 9.17. The largest absolute Gasteiger partial charge is 0.381 e. The van der Waals surface area contributed by atoms with E-state index in [1.54, 1.807) is 4.31 Å². The fraction of sp³-hybridized carbons (Fsp3) is 1.00. The first-order chi connectivity index (χ1) is 9.45. The maximum atomic E-state index is 11.6. The molecule has 1 atom stereocenters. The summed E-state index contributed by atoms with van der Waals surface area (Å²) in [5.74, 6) is 0.268. The molecular formula is C13H26N2O4S. The predicted molar refractivity (Wildman–Crippen MR) is 76.9 cm³/mol. The van der Waals surface area contributed by atoms with Crippen molar-refractivity contribution in [1.82, 2.24) is 4.31 Å². The van der Waals surface area contributed by atoms with E-state index in [1.165, 1.54) is 6.26 Å². The molecule has 2 N–H and O–H groups in total. The Labute approximate surface area is 121 Å². The fourth-order valence-corrected chi connectivity index (χ4v) is 3.85. The van der Waals surface area contributed by atoms with E-state index in [4.69, 9.17) is 15.2 Å². The molecule has 2 heterocycles. The molecule has 2 aliphatic rings. The topological polar surface area (TPSA) is 81.9 Å². The third kappa shape index (κ3) is 4.14. The molecule has 20 heavy (non-hydrogen) atoms. The van der Waals surface area contributed by atoms with E-state index >= 15 is 0 Å². The third-order valence-electron chi connectivity index (χ3n) is 4.35. The Morgan fingerprint density at radius 1 is 1.40 bits per heavy atom. The molecule has 0 aliphatic carbocycles. The Bertz CT molecular complexity index is 407. The normalized spacial score (nSPS) is 28.4. The van der Waals surface area contributed by atoms with E-state index in [1.807, 2.05) is 0 Å². The maximum absolute atomic E-state index is 11.6. The van der Waals surface area contributed by atoms with E-state index in [-0.39, 0.29) is 11.5 Å². The molecule has 0 bridgehead atoms. The second kappa shape index (κ2) is 6.70. The van der Waals surface area contributed by atoms with Crippen molar-refractivity contribution in [2.75, 3.05) is 45.7 Å². The molecule has 1 unspecified atom stereocenters. The molecular weight excluding hydrogens is 280 g/mol. The summed E-state index contributed by atoms with van der Waals surface area (Å²) in [5.41, 5.74) is 5.59. The van der Waals surface area contributed by atoms with Gasteiger partial charge in [0, 0.05) is 45.7 Å². The van der Waals surface area contributed by atoms with Gasteiger partial charge in [0.25, 0.3) is 0 Å². The minimum Gasteiger partial charge on any atom is -0.381 e. The van der Waals surface area contributed by atoms with Crippen molar-refractivity contribution < 1.29 is 17.9 Å². The average Bonchev–Trinajstić information content (AvgIpc) is 2.46. The van der Waals surface area contributed by atoms with Crippen molar-refractivity contribution in [3.63, 3.8) is 0 Å². The lowest BCUT2D eigenvalue weighted by Gasteiger charge is -2.38. The number of ether oxygens (including phenoxy) is 2. The summed E-state index contributed by atoms with van der Waals surface area (Å²) in [7, 11) is -3.09. The fourth-order valence-electron chi connectivity index (χ4n) is 2.91. The second-order valence-electron chi connectivity index (χ2n) is 5.94. The van der Waals surface area contributed by atoms with E-state index in [9.17, 15) is 8.42 Å². The molecule has 2 aliphatic heterocycles. The molecule has 118 valence electrons. The quantitative estimate of drug-likeness (QED) is 0.784. The minimum absolute atomic E-state index is 0.268. The number of nitrogens with zero attached hydrogens (tertiary/aromatic N) is 1. The van der Waals surface area contributed by atoms with Crippen LogP contribution in [0.2, 0.25) is 0 Å². The highest BCUT2D eigenvalue weighted by atomic mass is 32.2. The predicted octanol–water partition coefficient (Wildman–Crippen LogP) is 0.183. The Hall–Kier alpha value is -0.210. The van der Waals surface area contributed by atoms with Gasteiger partial charge in [-0.05, 0) is 18.8 Å². The van der Waals surface area contributed by atoms with Crippen molar-refractivity contribution >= 4 is 10.0 Å². The van der Waals surface area contributed by atoms with Crippen LogP contribution < -0.4 is 5.73 Å². The summed E-state index contributed by atoms with van der Waals surface area (Å²) in [6.07, 6.45) is 4.84. The van der Waals surface area contributed by atoms with Gasteiger partial charge >= 0.3 is 0 Å². The van der Waals surface area contributed by atoms with Crippen LogP contribution in [0.25, 0.3) is 0 Å². The standard InChI is InChI=1S/C13H26N2O4S/c1-20(16,17)15-6-2-3-12(9-15)10-19-13(11-14)4-7-18-8-5-13/h12H,2-11,14H2,1H3. The summed E-state index contributed by atoms with van der Waals surface area (Å²) in [5, 5.41) is 0. The molecule has 2 fully saturated rings. The van der Waals surface area contributed by atoms with Crippen LogP contribution in [-0.2, 0) is 19.5 Å². The molecule has 2 saturated heterocycles. The Morgan fingerprint density at radius 2 is 2.10 bits per heavy atom. The number of hydrogen-bond acceptors (Lipinski definition) is 5. The number of piperidine rings is 1. The van der Waals surface area contributed by atoms with Crippen LogP contribution in [0.3, 0.4) is 0 Å². The number of nitrogens with two attached hydrogens (primary N) is 1. The zero-order valence-corrected chi connectivity index (χ0v) is 13.0. The van der Waals surface area contributed by atoms with Crippen LogP contribution in [0, 0.1) is 5.92 Å². The zero-order valence-electron chi connectivity index (χ0n) is 12.2. The van der Waals surface area contributed by atoms with Crippen molar-refractivity contribution in [2.24, 2.45) is 11.7 Å². The molecule has 6 nitrogen and oxygen atoms in total. The molecule has 0 aromatic carbocycles. The second-order valence-corrected chi connectivity index (χ2v) is 7.92. The Kier molecular flexibility index (Phi) is 5.42. The summed E-state index contributed by atoms with van der Waals surface area (Å²) in [6, 6.07) is 0. The van der Waals surface area contributed by atoms with Crippen molar-refractivity contribution in [3.8, 4) is 0 Å². The van der Waals surface area contributed by atoms with Gasteiger partial charge in [0.05, 0.1) is 18.5 Å². The van der Waals surface area contributed by atoms with Crippen molar-refractivity contribution in [3.05, 3.63) is 0 Å². The molecule has 0 amide bonds. The lowest BCUT2D eigenvalue weighted by Crippen LogP contribution is -2.48. The first-order valence-electron chi connectivity index (χ1n) is 7.32. The van der Waals surface area contributed by atoms with Gasteiger partial charge in [-0.15, -0.1) is 0 Å². The van der Waals surface area contributed by atoms with Gasteiger partial charge in [0.1, 0.15) is 0 Å². The van der Waals surface area contributed by atoms with Gasteiger partial charge in [0.2, 0.25) is 10.0 Å². The molecule has 0 aromatic heterocycles. The van der Waals surface area contributed by atoms with E-state index in [0.717, 1.165) is 25.7 Å². The van der Waals surface area contributed by atoms with Crippen LogP contribution >= 0.6 is 0 Å². The Morgan fingerprint density at radius 3 is 2.70 bits per heavy atom. The molecule has 0 saturated carbocycles. The van der Waals surface area contributed by atoms with Crippen LogP contribution in [0.1, 0.15) is 25.7 Å². The van der Waals surface area contributed by atoms with Crippen LogP contribution in [0.15, 0.2) is 0 Å². The highest BCUT2D eigenvalue weighted by molar-refractivity contribution is 7.88. The lowest BCUT2D eigenvalue weighted by atomic mass is 9.93. The van der Waals surface area contributed by atoms with Gasteiger partial charge in [-0.25, -0.2) is 12.7 Å². The monoisotopic (exact) mass is 306 g/mol. The minimum atomic E-state index is -3.09. The van der Waals surface area contributed by atoms with E-state index in [2.05, 4.69) is 0 Å².